The third kappa shape index (κ3) is 1.92. The second-order valence-electron chi connectivity index (χ2n) is 5.01. The lowest BCUT2D eigenvalue weighted by atomic mass is 9.90. The van der Waals surface area contributed by atoms with Crippen LogP contribution in [0.4, 0.5) is 0 Å². The second-order valence-corrected chi connectivity index (χ2v) is 6.01. The zero-order valence-electron chi connectivity index (χ0n) is 9.56. The molecule has 1 N–H and O–H groups in total. The van der Waals surface area contributed by atoms with Crippen molar-refractivity contribution in [3.8, 4) is 0 Å². The van der Waals surface area contributed by atoms with Crippen LogP contribution in [0.3, 0.4) is 0 Å². The molecule has 0 bridgehead atoms. The van der Waals surface area contributed by atoms with Crippen LogP contribution in [0.25, 0.3) is 0 Å². The van der Waals surface area contributed by atoms with Gasteiger partial charge in [-0.2, -0.15) is 0 Å². The molecule has 2 aliphatic rings. The van der Waals surface area contributed by atoms with E-state index >= 15 is 0 Å². The number of fused-ring (bicyclic) bond motifs is 1. The fraction of sp³-hybridized carbons (Fsp3) is 0.692. The van der Waals surface area contributed by atoms with Crippen LogP contribution in [0.5, 0.6) is 0 Å². The van der Waals surface area contributed by atoms with Gasteiger partial charge in [0.15, 0.2) is 0 Å². The summed E-state index contributed by atoms with van der Waals surface area (Å²) < 4.78 is 0. The number of nitrogens with zero attached hydrogens (tertiary/aromatic N) is 1. The number of thiophene rings is 1. The van der Waals surface area contributed by atoms with Crippen molar-refractivity contribution in [1.82, 2.24) is 4.90 Å². The van der Waals surface area contributed by atoms with Gasteiger partial charge in [-0.3, -0.25) is 4.90 Å². The number of rotatable bonds is 1. The van der Waals surface area contributed by atoms with Crippen LogP contribution < -0.4 is 0 Å². The van der Waals surface area contributed by atoms with Crippen molar-refractivity contribution in [3.05, 3.63) is 21.9 Å². The Kier molecular flexibility index (Phi) is 3.01. The number of aliphatic hydroxyl groups is 1. The number of hydrogen-bond acceptors (Lipinski definition) is 3. The topological polar surface area (TPSA) is 23.5 Å². The van der Waals surface area contributed by atoms with E-state index in [1.807, 2.05) is 11.3 Å². The largest absolute Gasteiger partial charge is 0.391 e. The van der Waals surface area contributed by atoms with Gasteiger partial charge in [0.2, 0.25) is 0 Å². The van der Waals surface area contributed by atoms with Gasteiger partial charge in [-0.15, -0.1) is 11.3 Å². The highest BCUT2D eigenvalue weighted by atomic mass is 32.1. The molecule has 2 atom stereocenters. The molecule has 0 spiro atoms. The molecule has 0 aromatic carbocycles. The molecule has 88 valence electrons. The number of hydrogen-bond donors (Lipinski definition) is 1. The molecular formula is C13H19NOS. The van der Waals surface area contributed by atoms with Crippen LogP contribution in [0.1, 0.15) is 36.1 Å². The quantitative estimate of drug-likeness (QED) is 0.811. The molecule has 0 saturated heterocycles. The SMILES string of the molecule is OC1CCCCC1N1CCc2sccc2C1. The minimum Gasteiger partial charge on any atom is -0.391 e. The minimum absolute atomic E-state index is 0.0889. The summed E-state index contributed by atoms with van der Waals surface area (Å²) in [6.45, 7) is 2.19. The van der Waals surface area contributed by atoms with Crippen molar-refractivity contribution in [2.45, 2.75) is 50.8 Å². The molecular weight excluding hydrogens is 218 g/mol. The molecule has 1 aliphatic heterocycles. The van der Waals surface area contributed by atoms with Gasteiger partial charge in [-0.05, 0) is 36.3 Å². The molecule has 0 amide bonds. The molecule has 1 aliphatic carbocycles. The van der Waals surface area contributed by atoms with Crippen LogP contribution in [0, 0.1) is 0 Å². The Balaban J connectivity index is 1.72. The Morgan fingerprint density at radius 1 is 1.31 bits per heavy atom. The summed E-state index contributed by atoms with van der Waals surface area (Å²) in [6, 6.07) is 2.67. The average Bonchev–Trinajstić information content (AvgIpc) is 2.76. The van der Waals surface area contributed by atoms with Crippen LogP contribution in [-0.2, 0) is 13.0 Å². The fourth-order valence-electron chi connectivity index (χ4n) is 3.07. The summed E-state index contributed by atoms with van der Waals surface area (Å²) in [4.78, 5) is 4.06. The Bertz CT molecular complexity index is 363. The van der Waals surface area contributed by atoms with E-state index in [4.69, 9.17) is 0 Å². The maximum atomic E-state index is 10.1. The summed E-state index contributed by atoms with van der Waals surface area (Å²) in [5.41, 5.74) is 1.49. The molecule has 3 heteroatoms. The monoisotopic (exact) mass is 237 g/mol. The normalized spacial score (nSPS) is 31.3. The van der Waals surface area contributed by atoms with Crippen LogP contribution in [0.15, 0.2) is 11.4 Å². The molecule has 1 fully saturated rings. The Morgan fingerprint density at radius 3 is 3.06 bits per heavy atom. The number of aliphatic hydroxyl groups excluding tert-OH is 1. The van der Waals surface area contributed by atoms with Gasteiger partial charge in [0.05, 0.1) is 6.10 Å². The maximum absolute atomic E-state index is 10.1. The highest BCUT2D eigenvalue weighted by Crippen LogP contribution is 2.30. The van der Waals surface area contributed by atoms with Gasteiger partial charge in [0, 0.05) is 24.0 Å². The lowest BCUT2D eigenvalue weighted by Gasteiger charge is -2.39. The first-order chi connectivity index (χ1) is 7.84. The van der Waals surface area contributed by atoms with Crippen molar-refractivity contribution < 1.29 is 5.11 Å². The molecule has 16 heavy (non-hydrogen) atoms. The van der Waals surface area contributed by atoms with E-state index in [0.717, 1.165) is 19.5 Å². The molecule has 2 heterocycles. The van der Waals surface area contributed by atoms with Gasteiger partial charge in [0.1, 0.15) is 0 Å². The van der Waals surface area contributed by atoms with E-state index in [0.29, 0.717) is 6.04 Å². The van der Waals surface area contributed by atoms with Gasteiger partial charge in [-0.1, -0.05) is 12.8 Å². The van der Waals surface area contributed by atoms with Crippen LogP contribution in [0.2, 0.25) is 0 Å². The smallest absolute Gasteiger partial charge is 0.0695 e. The van der Waals surface area contributed by atoms with E-state index in [9.17, 15) is 5.11 Å². The maximum Gasteiger partial charge on any atom is 0.0695 e. The third-order valence-electron chi connectivity index (χ3n) is 4.00. The molecule has 1 aromatic rings. The van der Waals surface area contributed by atoms with Gasteiger partial charge < -0.3 is 5.11 Å². The van der Waals surface area contributed by atoms with E-state index in [1.54, 1.807) is 4.88 Å². The van der Waals surface area contributed by atoms with E-state index in [1.165, 1.54) is 31.2 Å². The Labute approximate surface area is 101 Å². The first kappa shape index (κ1) is 10.8. The molecule has 3 rings (SSSR count). The molecule has 1 saturated carbocycles. The van der Waals surface area contributed by atoms with Crippen LogP contribution >= 0.6 is 11.3 Å². The summed E-state index contributed by atoms with van der Waals surface area (Å²) in [5, 5.41) is 12.3. The first-order valence-electron chi connectivity index (χ1n) is 6.32. The summed E-state index contributed by atoms with van der Waals surface area (Å²) in [6.07, 6.45) is 5.76. The average molecular weight is 237 g/mol. The Hall–Kier alpha value is -0.380. The zero-order valence-corrected chi connectivity index (χ0v) is 10.4. The Morgan fingerprint density at radius 2 is 2.19 bits per heavy atom. The third-order valence-corrected chi connectivity index (χ3v) is 5.02. The van der Waals surface area contributed by atoms with Crippen molar-refractivity contribution in [3.63, 3.8) is 0 Å². The van der Waals surface area contributed by atoms with Crippen molar-refractivity contribution in [1.29, 1.82) is 0 Å². The first-order valence-corrected chi connectivity index (χ1v) is 7.20. The van der Waals surface area contributed by atoms with E-state index in [2.05, 4.69) is 16.3 Å². The lowest BCUT2D eigenvalue weighted by molar-refractivity contribution is 0.0135. The van der Waals surface area contributed by atoms with Gasteiger partial charge >= 0.3 is 0 Å². The second kappa shape index (κ2) is 4.47. The van der Waals surface area contributed by atoms with E-state index in [-0.39, 0.29) is 6.10 Å². The standard InChI is InChI=1S/C13H19NOS/c15-12-4-2-1-3-11(12)14-7-5-13-10(9-14)6-8-16-13/h6,8,11-12,15H,1-5,7,9H2. The summed E-state index contributed by atoms with van der Waals surface area (Å²) >= 11 is 1.89. The van der Waals surface area contributed by atoms with Crippen molar-refractivity contribution in [2.24, 2.45) is 0 Å². The predicted octanol–water partition coefficient (Wildman–Crippen LogP) is 2.41. The fourth-order valence-corrected chi connectivity index (χ4v) is 3.96. The van der Waals surface area contributed by atoms with Crippen LogP contribution in [-0.4, -0.2) is 28.7 Å². The van der Waals surface area contributed by atoms with Crippen molar-refractivity contribution >= 4 is 11.3 Å². The molecule has 2 unspecified atom stereocenters. The van der Waals surface area contributed by atoms with E-state index < -0.39 is 0 Å². The molecule has 0 radical (unpaired) electrons. The van der Waals surface area contributed by atoms with Crippen molar-refractivity contribution in [2.75, 3.05) is 6.54 Å². The molecule has 1 aromatic heterocycles. The highest BCUT2D eigenvalue weighted by Gasteiger charge is 2.30. The van der Waals surface area contributed by atoms with Gasteiger partial charge in [-0.25, -0.2) is 0 Å². The highest BCUT2D eigenvalue weighted by molar-refractivity contribution is 7.10. The lowest BCUT2D eigenvalue weighted by Crippen LogP contribution is -2.47. The molecule has 2 nitrogen and oxygen atoms in total. The predicted molar refractivity (Wildman–Crippen MR) is 66.7 cm³/mol. The zero-order chi connectivity index (χ0) is 11.0. The summed E-state index contributed by atoms with van der Waals surface area (Å²) in [5.74, 6) is 0. The van der Waals surface area contributed by atoms with Gasteiger partial charge in [0.25, 0.3) is 0 Å². The summed E-state index contributed by atoms with van der Waals surface area (Å²) in [7, 11) is 0. The minimum atomic E-state index is -0.0889.